The highest BCUT2D eigenvalue weighted by molar-refractivity contribution is 5.88. The SMILES string of the molecule is CC(=O)[C@@H](Cc1ccccc1)NC(=O)COC(=O)COc1ccccc1C(C)C. The third-order valence-electron chi connectivity index (χ3n) is 4.36. The zero-order valence-electron chi connectivity index (χ0n) is 17.0. The summed E-state index contributed by atoms with van der Waals surface area (Å²) in [6.45, 7) is 4.72. The molecule has 6 heteroatoms. The van der Waals surface area contributed by atoms with Crippen LogP contribution in [0.15, 0.2) is 54.6 Å². The minimum atomic E-state index is -0.669. The van der Waals surface area contributed by atoms with E-state index in [1.807, 2.05) is 62.4 Å². The lowest BCUT2D eigenvalue weighted by Crippen LogP contribution is -2.43. The maximum Gasteiger partial charge on any atom is 0.344 e. The molecule has 0 fully saturated rings. The Morgan fingerprint density at radius 1 is 0.931 bits per heavy atom. The van der Waals surface area contributed by atoms with Crippen molar-refractivity contribution in [3.05, 3.63) is 65.7 Å². The smallest absolute Gasteiger partial charge is 0.344 e. The van der Waals surface area contributed by atoms with Crippen molar-refractivity contribution < 1.29 is 23.9 Å². The summed E-state index contributed by atoms with van der Waals surface area (Å²) in [5.41, 5.74) is 1.92. The first-order valence-corrected chi connectivity index (χ1v) is 9.58. The third-order valence-corrected chi connectivity index (χ3v) is 4.36. The van der Waals surface area contributed by atoms with Crippen molar-refractivity contribution >= 4 is 17.7 Å². The lowest BCUT2D eigenvalue weighted by atomic mass is 10.0. The predicted octanol–water partition coefficient (Wildman–Crippen LogP) is 3.05. The minimum absolute atomic E-state index is 0.165. The molecule has 0 bridgehead atoms. The molecule has 6 nitrogen and oxygen atoms in total. The molecular formula is C23H27NO5. The predicted molar refractivity (Wildman–Crippen MR) is 110 cm³/mol. The summed E-state index contributed by atoms with van der Waals surface area (Å²) in [5.74, 6) is -0.482. The number of amides is 1. The van der Waals surface area contributed by atoms with E-state index in [1.54, 1.807) is 6.07 Å². The van der Waals surface area contributed by atoms with Crippen LogP contribution in [0.5, 0.6) is 5.75 Å². The summed E-state index contributed by atoms with van der Waals surface area (Å²) in [6.07, 6.45) is 0.380. The van der Waals surface area contributed by atoms with Crippen LogP contribution in [0.3, 0.4) is 0 Å². The van der Waals surface area contributed by atoms with E-state index in [2.05, 4.69) is 5.32 Å². The van der Waals surface area contributed by atoms with E-state index in [-0.39, 0.29) is 18.3 Å². The van der Waals surface area contributed by atoms with Crippen molar-refractivity contribution in [2.45, 2.75) is 39.2 Å². The third kappa shape index (κ3) is 7.41. The number of ether oxygens (including phenoxy) is 2. The molecule has 2 rings (SSSR count). The Labute approximate surface area is 171 Å². The normalized spacial score (nSPS) is 11.6. The van der Waals surface area contributed by atoms with Crippen molar-refractivity contribution in [3.63, 3.8) is 0 Å². The molecule has 0 aliphatic carbocycles. The molecule has 0 aliphatic heterocycles. The van der Waals surface area contributed by atoms with Crippen molar-refractivity contribution in [2.24, 2.45) is 0 Å². The maximum atomic E-state index is 12.1. The molecular weight excluding hydrogens is 370 g/mol. The topological polar surface area (TPSA) is 81.7 Å². The van der Waals surface area contributed by atoms with Crippen LogP contribution < -0.4 is 10.1 Å². The van der Waals surface area contributed by atoms with Gasteiger partial charge in [-0.2, -0.15) is 0 Å². The Morgan fingerprint density at radius 3 is 2.24 bits per heavy atom. The molecule has 0 saturated heterocycles. The molecule has 1 N–H and O–H groups in total. The Hall–Kier alpha value is -3.15. The number of Topliss-reactive ketones (excluding diaryl/α,β-unsaturated/α-hetero) is 1. The van der Waals surface area contributed by atoms with Crippen molar-refractivity contribution in [1.29, 1.82) is 0 Å². The summed E-state index contributed by atoms with van der Waals surface area (Å²) in [7, 11) is 0. The summed E-state index contributed by atoms with van der Waals surface area (Å²) in [6, 6.07) is 16.2. The van der Waals surface area contributed by atoms with Gasteiger partial charge in [-0.25, -0.2) is 4.79 Å². The van der Waals surface area contributed by atoms with Crippen LogP contribution in [0.4, 0.5) is 0 Å². The number of hydrogen-bond donors (Lipinski definition) is 1. The highest BCUT2D eigenvalue weighted by Gasteiger charge is 2.19. The van der Waals surface area contributed by atoms with Crippen LogP contribution in [0.2, 0.25) is 0 Å². The molecule has 0 radical (unpaired) electrons. The van der Waals surface area contributed by atoms with Gasteiger partial charge < -0.3 is 14.8 Å². The Morgan fingerprint density at radius 2 is 1.59 bits per heavy atom. The van der Waals surface area contributed by atoms with E-state index in [4.69, 9.17) is 9.47 Å². The summed E-state index contributed by atoms with van der Waals surface area (Å²) in [5, 5.41) is 2.61. The fraction of sp³-hybridized carbons (Fsp3) is 0.348. The second-order valence-electron chi connectivity index (χ2n) is 7.06. The fourth-order valence-electron chi connectivity index (χ4n) is 2.80. The van der Waals surface area contributed by atoms with Gasteiger partial charge in [-0.15, -0.1) is 0 Å². The Balaban J connectivity index is 1.80. The van der Waals surface area contributed by atoms with Gasteiger partial charge >= 0.3 is 5.97 Å². The Kier molecular flexibility index (Phi) is 8.40. The van der Waals surface area contributed by atoms with Crippen molar-refractivity contribution in [3.8, 4) is 5.75 Å². The zero-order chi connectivity index (χ0) is 21.2. The highest BCUT2D eigenvalue weighted by Crippen LogP contribution is 2.25. The largest absolute Gasteiger partial charge is 0.482 e. The number of benzene rings is 2. The van der Waals surface area contributed by atoms with E-state index in [0.717, 1.165) is 11.1 Å². The molecule has 0 aromatic heterocycles. The van der Waals surface area contributed by atoms with Crippen molar-refractivity contribution in [1.82, 2.24) is 5.32 Å². The molecule has 2 aromatic rings. The average Bonchev–Trinajstić information content (AvgIpc) is 2.71. The van der Waals surface area contributed by atoms with E-state index < -0.39 is 24.5 Å². The number of rotatable bonds is 10. The monoisotopic (exact) mass is 397 g/mol. The lowest BCUT2D eigenvalue weighted by molar-refractivity contribution is -0.150. The van der Waals surface area contributed by atoms with Crippen LogP contribution in [0.1, 0.15) is 37.8 Å². The van der Waals surface area contributed by atoms with E-state index in [1.165, 1.54) is 6.92 Å². The summed E-state index contributed by atoms with van der Waals surface area (Å²) < 4.78 is 10.5. The van der Waals surface area contributed by atoms with E-state index in [0.29, 0.717) is 12.2 Å². The van der Waals surface area contributed by atoms with Crippen LogP contribution >= 0.6 is 0 Å². The van der Waals surface area contributed by atoms with Gasteiger partial charge in [0.15, 0.2) is 19.0 Å². The number of ketones is 1. The molecule has 1 atom stereocenters. The minimum Gasteiger partial charge on any atom is -0.482 e. The van der Waals surface area contributed by atoms with Gasteiger partial charge in [0.1, 0.15) is 5.75 Å². The molecule has 0 saturated carbocycles. The number of nitrogens with one attached hydrogen (secondary N) is 1. The number of esters is 1. The maximum absolute atomic E-state index is 12.1. The number of carbonyl (C=O) groups excluding carboxylic acids is 3. The number of para-hydroxylation sites is 1. The van der Waals surface area contributed by atoms with Gasteiger partial charge in [-0.05, 0) is 36.5 Å². The first kappa shape index (κ1) is 22.1. The van der Waals surface area contributed by atoms with E-state index in [9.17, 15) is 14.4 Å². The standard InChI is InChI=1S/C23H27NO5/c1-16(2)19-11-7-8-12-21(19)28-15-23(27)29-14-22(26)24-20(17(3)25)13-18-9-5-4-6-10-18/h4-12,16,20H,13-15H2,1-3H3,(H,24,26)/t20-/m1/s1. The average molecular weight is 397 g/mol. The van der Waals surface area contributed by atoms with Gasteiger partial charge in [-0.3, -0.25) is 9.59 Å². The zero-order valence-corrected chi connectivity index (χ0v) is 17.0. The first-order valence-electron chi connectivity index (χ1n) is 9.58. The first-order chi connectivity index (χ1) is 13.9. The highest BCUT2D eigenvalue weighted by atomic mass is 16.6. The fourth-order valence-corrected chi connectivity index (χ4v) is 2.80. The summed E-state index contributed by atoms with van der Waals surface area (Å²) in [4.78, 5) is 35.8. The van der Waals surface area contributed by atoms with Crippen LogP contribution in [0.25, 0.3) is 0 Å². The number of hydrogen-bond acceptors (Lipinski definition) is 5. The molecule has 0 heterocycles. The molecule has 0 aliphatic rings. The van der Waals surface area contributed by atoms with Crippen molar-refractivity contribution in [2.75, 3.05) is 13.2 Å². The van der Waals surface area contributed by atoms with Gasteiger partial charge in [-0.1, -0.05) is 62.4 Å². The second-order valence-corrected chi connectivity index (χ2v) is 7.06. The Bertz CT molecular complexity index is 832. The van der Waals surface area contributed by atoms with E-state index >= 15 is 0 Å². The van der Waals surface area contributed by atoms with Gasteiger partial charge in [0, 0.05) is 0 Å². The molecule has 2 aromatic carbocycles. The quantitative estimate of drug-likeness (QED) is 0.623. The molecule has 29 heavy (non-hydrogen) atoms. The van der Waals surface area contributed by atoms with Gasteiger partial charge in [0.05, 0.1) is 6.04 Å². The lowest BCUT2D eigenvalue weighted by Gasteiger charge is -2.16. The van der Waals surface area contributed by atoms with Crippen LogP contribution in [0, 0.1) is 0 Å². The summed E-state index contributed by atoms with van der Waals surface area (Å²) >= 11 is 0. The molecule has 0 spiro atoms. The number of carbonyl (C=O) groups is 3. The van der Waals surface area contributed by atoms with Crippen LogP contribution in [-0.4, -0.2) is 36.9 Å². The van der Waals surface area contributed by atoms with Gasteiger partial charge in [0.25, 0.3) is 5.91 Å². The second kappa shape index (κ2) is 11.0. The molecule has 1 amide bonds. The van der Waals surface area contributed by atoms with Crippen LogP contribution in [-0.2, 0) is 25.5 Å². The molecule has 154 valence electrons. The van der Waals surface area contributed by atoms with Gasteiger partial charge in [0.2, 0.25) is 0 Å². The molecule has 0 unspecified atom stereocenters.